The van der Waals surface area contributed by atoms with Crippen molar-refractivity contribution >= 4 is 11.0 Å². The molecule has 0 saturated heterocycles. The second kappa shape index (κ2) is 5.54. The molecule has 0 aliphatic heterocycles. The van der Waals surface area contributed by atoms with Gasteiger partial charge in [0.2, 0.25) is 0 Å². The summed E-state index contributed by atoms with van der Waals surface area (Å²) in [6.07, 6.45) is 0. The lowest BCUT2D eigenvalue weighted by atomic mass is 10.1. The van der Waals surface area contributed by atoms with Crippen LogP contribution in [0.3, 0.4) is 0 Å². The van der Waals surface area contributed by atoms with Crippen LogP contribution in [0.2, 0.25) is 0 Å². The number of hydrogen-bond acceptors (Lipinski definition) is 2. The van der Waals surface area contributed by atoms with Crippen LogP contribution in [0.25, 0.3) is 22.4 Å². The van der Waals surface area contributed by atoms with Crippen molar-refractivity contribution in [2.45, 2.75) is 26.8 Å². The number of fused-ring (bicyclic) bond motifs is 1. The standard InChI is InChI=1S/C18H20FN3/c1-11-8-16-17(9-12(11)2)22(13(3)10-20)18(21-16)14-6-4-5-7-15(14)19/h4-9,13H,10,20H2,1-3H3. The molecule has 0 amide bonds. The average molecular weight is 297 g/mol. The van der Waals surface area contributed by atoms with Gasteiger partial charge in [-0.1, -0.05) is 12.1 Å². The largest absolute Gasteiger partial charge is 0.328 e. The van der Waals surface area contributed by atoms with E-state index in [1.807, 2.05) is 17.6 Å². The number of benzene rings is 2. The number of imidazole rings is 1. The van der Waals surface area contributed by atoms with Crippen molar-refractivity contribution in [1.82, 2.24) is 9.55 Å². The minimum Gasteiger partial charge on any atom is -0.328 e. The van der Waals surface area contributed by atoms with Gasteiger partial charge in [0.05, 0.1) is 16.6 Å². The van der Waals surface area contributed by atoms with Crippen molar-refractivity contribution in [3.63, 3.8) is 0 Å². The van der Waals surface area contributed by atoms with Crippen LogP contribution in [0.1, 0.15) is 24.1 Å². The van der Waals surface area contributed by atoms with Crippen molar-refractivity contribution in [2.75, 3.05) is 6.54 Å². The fraction of sp³-hybridized carbons (Fsp3) is 0.278. The van der Waals surface area contributed by atoms with E-state index in [0.29, 0.717) is 17.9 Å². The Kier molecular flexibility index (Phi) is 3.71. The molecule has 114 valence electrons. The first-order chi connectivity index (χ1) is 10.5. The van der Waals surface area contributed by atoms with Crippen molar-refractivity contribution in [2.24, 2.45) is 5.73 Å². The molecule has 3 rings (SSSR count). The van der Waals surface area contributed by atoms with Gasteiger partial charge in [-0.3, -0.25) is 0 Å². The smallest absolute Gasteiger partial charge is 0.144 e. The molecule has 0 fully saturated rings. The molecule has 0 aliphatic carbocycles. The van der Waals surface area contributed by atoms with Crippen molar-refractivity contribution in [3.8, 4) is 11.4 Å². The second-order valence-electron chi connectivity index (χ2n) is 5.80. The summed E-state index contributed by atoms with van der Waals surface area (Å²) >= 11 is 0. The number of aryl methyl sites for hydroxylation is 2. The summed E-state index contributed by atoms with van der Waals surface area (Å²) in [7, 11) is 0. The summed E-state index contributed by atoms with van der Waals surface area (Å²) in [6, 6.07) is 10.9. The van der Waals surface area contributed by atoms with Gasteiger partial charge in [-0.2, -0.15) is 0 Å². The fourth-order valence-corrected chi connectivity index (χ4v) is 2.73. The zero-order valence-corrected chi connectivity index (χ0v) is 13.1. The van der Waals surface area contributed by atoms with Gasteiger partial charge in [0, 0.05) is 12.6 Å². The summed E-state index contributed by atoms with van der Waals surface area (Å²) < 4.78 is 16.3. The number of halogens is 1. The molecular weight excluding hydrogens is 277 g/mol. The third-order valence-electron chi connectivity index (χ3n) is 4.20. The van der Waals surface area contributed by atoms with Gasteiger partial charge in [-0.05, 0) is 56.2 Å². The highest BCUT2D eigenvalue weighted by Gasteiger charge is 2.19. The number of nitrogens with two attached hydrogens (primary N) is 1. The Balaban J connectivity index is 2.36. The Morgan fingerprint density at radius 1 is 1.18 bits per heavy atom. The molecule has 3 aromatic rings. The predicted octanol–water partition coefficient (Wildman–Crippen LogP) is 3.98. The van der Waals surface area contributed by atoms with E-state index in [4.69, 9.17) is 5.73 Å². The molecule has 2 aromatic carbocycles. The zero-order valence-electron chi connectivity index (χ0n) is 13.1. The van der Waals surface area contributed by atoms with E-state index in [-0.39, 0.29) is 11.9 Å². The van der Waals surface area contributed by atoms with E-state index in [1.165, 1.54) is 17.2 Å². The first kappa shape index (κ1) is 14.7. The van der Waals surface area contributed by atoms with Crippen LogP contribution in [0.15, 0.2) is 36.4 Å². The summed E-state index contributed by atoms with van der Waals surface area (Å²) in [4.78, 5) is 4.68. The summed E-state index contributed by atoms with van der Waals surface area (Å²) in [5, 5.41) is 0. The van der Waals surface area contributed by atoms with Crippen molar-refractivity contribution < 1.29 is 4.39 Å². The normalized spacial score (nSPS) is 12.8. The lowest BCUT2D eigenvalue weighted by Crippen LogP contribution is -2.17. The SMILES string of the molecule is Cc1cc2nc(-c3ccccc3F)n(C(C)CN)c2cc1C. The highest BCUT2D eigenvalue weighted by molar-refractivity contribution is 5.82. The molecule has 0 aliphatic rings. The van der Waals surface area contributed by atoms with Gasteiger partial charge >= 0.3 is 0 Å². The van der Waals surface area contributed by atoms with E-state index in [0.717, 1.165) is 11.0 Å². The Morgan fingerprint density at radius 2 is 1.86 bits per heavy atom. The number of nitrogens with zero attached hydrogens (tertiary/aromatic N) is 2. The average Bonchev–Trinajstić information content (AvgIpc) is 2.85. The molecule has 1 atom stereocenters. The topological polar surface area (TPSA) is 43.8 Å². The van der Waals surface area contributed by atoms with E-state index in [1.54, 1.807) is 12.1 Å². The van der Waals surface area contributed by atoms with E-state index in [2.05, 4.69) is 31.0 Å². The fourth-order valence-electron chi connectivity index (χ4n) is 2.73. The summed E-state index contributed by atoms with van der Waals surface area (Å²) in [5.41, 5.74) is 10.6. The Labute approximate surface area is 129 Å². The summed E-state index contributed by atoms with van der Waals surface area (Å²) in [5.74, 6) is 0.368. The monoisotopic (exact) mass is 297 g/mol. The second-order valence-corrected chi connectivity index (χ2v) is 5.80. The molecule has 1 heterocycles. The van der Waals surface area contributed by atoms with Crippen LogP contribution in [0.5, 0.6) is 0 Å². The Bertz CT molecular complexity index is 836. The van der Waals surface area contributed by atoms with Gasteiger partial charge in [-0.15, -0.1) is 0 Å². The molecule has 0 bridgehead atoms. The molecule has 22 heavy (non-hydrogen) atoms. The molecule has 0 radical (unpaired) electrons. The first-order valence-electron chi connectivity index (χ1n) is 7.47. The first-order valence-corrected chi connectivity index (χ1v) is 7.47. The molecule has 3 nitrogen and oxygen atoms in total. The lowest BCUT2D eigenvalue weighted by Gasteiger charge is -2.16. The number of aromatic nitrogens is 2. The maximum atomic E-state index is 14.2. The quantitative estimate of drug-likeness (QED) is 0.794. The van der Waals surface area contributed by atoms with Crippen LogP contribution in [0, 0.1) is 19.7 Å². The van der Waals surface area contributed by atoms with Crippen LogP contribution < -0.4 is 5.73 Å². The molecule has 0 saturated carbocycles. The molecular formula is C18H20FN3. The lowest BCUT2D eigenvalue weighted by molar-refractivity contribution is 0.573. The van der Waals surface area contributed by atoms with Crippen LogP contribution >= 0.6 is 0 Å². The van der Waals surface area contributed by atoms with E-state index >= 15 is 0 Å². The van der Waals surface area contributed by atoms with Gasteiger partial charge in [0.15, 0.2) is 0 Å². The summed E-state index contributed by atoms with van der Waals surface area (Å²) in [6.45, 7) is 6.63. The predicted molar refractivity (Wildman–Crippen MR) is 88.4 cm³/mol. The molecule has 4 heteroatoms. The minimum absolute atomic E-state index is 0.0433. The maximum absolute atomic E-state index is 14.2. The van der Waals surface area contributed by atoms with Crippen LogP contribution in [0.4, 0.5) is 4.39 Å². The Hall–Kier alpha value is -2.20. The van der Waals surface area contributed by atoms with Gasteiger partial charge in [-0.25, -0.2) is 9.37 Å². The van der Waals surface area contributed by atoms with Gasteiger partial charge in [0.1, 0.15) is 11.6 Å². The van der Waals surface area contributed by atoms with Crippen molar-refractivity contribution in [1.29, 1.82) is 0 Å². The van der Waals surface area contributed by atoms with Crippen LogP contribution in [-0.4, -0.2) is 16.1 Å². The minimum atomic E-state index is -0.267. The van der Waals surface area contributed by atoms with Crippen LogP contribution in [-0.2, 0) is 0 Å². The molecule has 0 spiro atoms. The van der Waals surface area contributed by atoms with E-state index in [9.17, 15) is 4.39 Å². The third-order valence-corrected chi connectivity index (χ3v) is 4.20. The molecule has 2 N–H and O–H groups in total. The molecule has 1 unspecified atom stereocenters. The number of rotatable bonds is 3. The Morgan fingerprint density at radius 3 is 2.55 bits per heavy atom. The number of hydrogen-bond donors (Lipinski definition) is 1. The highest BCUT2D eigenvalue weighted by atomic mass is 19.1. The van der Waals surface area contributed by atoms with Gasteiger partial charge in [0.25, 0.3) is 0 Å². The third kappa shape index (κ3) is 2.29. The van der Waals surface area contributed by atoms with Crippen molar-refractivity contribution in [3.05, 3.63) is 53.3 Å². The van der Waals surface area contributed by atoms with E-state index < -0.39 is 0 Å². The van der Waals surface area contributed by atoms with Gasteiger partial charge < -0.3 is 10.3 Å². The maximum Gasteiger partial charge on any atom is 0.144 e. The highest BCUT2D eigenvalue weighted by Crippen LogP contribution is 2.31. The zero-order chi connectivity index (χ0) is 15.9. The molecule has 1 aromatic heterocycles.